The highest BCUT2D eigenvalue weighted by Gasteiger charge is 2.07. The molecule has 0 unspecified atom stereocenters. The molecule has 0 radical (unpaired) electrons. The van der Waals surface area contributed by atoms with Crippen molar-refractivity contribution in [1.82, 2.24) is 0 Å². The Morgan fingerprint density at radius 1 is 0.957 bits per heavy atom. The Bertz CT molecular complexity index is 631. The maximum Gasteiger partial charge on any atom is 0.205 e. The number of aromatic nitrogens is 1. The summed E-state index contributed by atoms with van der Waals surface area (Å²) < 4.78 is 2.35. The Morgan fingerprint density at radius 2 is 1.65 bits per heavy atom. The van der Waals surface area contributed by atoms with Crippen LogP contribution in [0, 0.1) is 0 Å². The Morgan fingerprint density at radius 3 is 2.22 bits per heavy atom. The minimum Gasteiger partial charge on any atom is -1.00 e. The zero-order chi connectivity index (χ0) is 15.9. The van der Waals surface area contributed by atoms with Gasteiger partial charge in [-0.15, -0.1) is 0 Å². The van der Waals surface area contributed by atoms with Gasteiger partial charge in [-0.1, -0.05) is 26.0 Å². The molecular formula is C20H27BrN2. The van der Waals surface area contributed by atoms with Crippen LogP contribution in [0.4, 0.5) is 5.69 Å². The number of anilines is 1. The lowest BCUT2D eigenvalue weighted by atomic mass is 10.1. The molecule has 3 heteroatoms. The van der Waals surface area contributed by atoms with E-state index in [1.165, 1.54) is 22.5 Å². The van der Waals surface area contributed by atoms with Gasteiger partial charge in [0.25, 0.3) is 0 Å². The molecule has 0 aliphatic heterocycles. The van der Waals surface area contributed by atoms with Gasteiger partial charge in [0.1, 0.15) is 6.54 Å². The quantitative estimate of drug-likeness (QED) is 0.688. The highest BCUT2D eigenvalue weighted by molar-refractivity contribution is 5.68. The van der Waals surface area contributed by atoms with Crippen molar-refractivity contribution in [3.63, 3.8) is 0 Å². The van der Waals surface area contributed by atoms with Crippen molar-refractivity contribution in [2.75, 3.05) is 19.0 Å². The van der Waals surface area contributed by atoms with Crippen molar-refractivity contribution in [3.05, 3.63) is 59.4 Å². The van der Waals surface area contributed by atoms with Crippen LogP contribution < -0.4 is 26.4 Å². The highest BCUT2D eigenvalue weighted by Crippen LogP contribution is 2.14. The number of pyridine rings is 1. The Hall–Kier alpha value is -1.61. The molecule has 0 aliphatic rings. The van der Waals surface area contributed by atoms with Gasteiger partial charge in [-0.2, -0.15) is 4.57 Å². The predicted molar refractivity (Wildman–Crippen MR) is 96.0 cm³/mol. The fraction of sp³-hybridized carbons (Fsp3) is 0.350. The molecule has 0 saturated heterocycles. The molecule has 2 rings (SSSR count). The fourth-order valence-electron chi connectivity index (χ4n) is 2.47. The minimum atomic E-state index is 0. The van der Waals surface area contributed by atoms with E-state index in [1.54, 1.807) is 0 Å². The van der Waals surface area contributed by atoms with Crippen molar-refractivity contribution >= 4 is 17.8 Å². The van der Waals surface area contributed by atoms with Gasteiger partial charge in [-0.05, 0) is 36.3 Å². The summed E-state index contributed by atoms with van der Waals surface area (Å²) in [5.74, 6) is 0. The third kappa shape index (κ3) is 5.51. The monoisotopic (exact) mass is 374 g/mol. The first kappa shape index (κ1) is 19.4. The lowest BCUT2D eigenvalue weighted by Crippen LogP contribution is -3.00. The molecule has 0 spiro atoms. The molecular weight excluding hydrogens is 348 g/mol. The second-order valence-corrected chi connectivity index (χ2v) is 5.83. The van der Waals surface area contributed by atoms with Gasteiger partial charge in [0, 0.05) is 43.9 Å². The SMILES string of the molecule is CCC[n+]1cc(CC)ccc1/C=C/c1ccc(N(C)C)cc1.[Br-]. The first-order valence-corrected chi connectivity index (χ1v) is 8.12. The molecule has 0 N–H and O–H groups in total. The summed E-state index contributed by atoms with van der Waals surface area (Å²) in [4.78, 5) is 2.12. The first-order valence-electron chi connectivity index (χ1n) is 8.12. The van der Waals surface area contributed by atoms with E-state index in [0.717, 1.165) is 19.4 Å². The van der Waals surface area contributed by atoms with E-state index in [4.69, 9.17) is 0 Å². The van der Waals surface area contributed by atoms with Gasteiger partial charge >= 0.3 is 0 Å². The first-order chi connectivity index (χ1) is 10.6. The Kier molecular flexibility index (Phi) is 8.04. The summed E-state index contributed by atoms with van der Waals surface area (Å²) in [6.45, 7) is 5.49. The largest absolute Gasteiger partial charge is 1.00 e. The van der Waals surface area contributed by atoms with E-state index >= 15 is 0 Å². The fourth-order valence-corrected chi connectivity index (χ4v) is 2.47. The van der Waals surface area contributed by atoms with Gasteiger partial charge in [0.05, 0.1) is 0 Å². The molecule has 0 aliphatic carbocycles. The third-order valence-corrected chi connectivity index (χ3v) is 3.85. The average Bonchev–Trinajstić information content (AvgIpc) is 2.54. The highest BCUT2D eigenvalue weighted by atomic mass is 79.9. The van der Waals surface area contributed by atoms with E-state index < -0.39 is 0 Å². The van der Waals surface area contributed by atoms with Gasteiger partial charge in [-0.25, -0.2) is 0 Å². The van der Waals surface area contributed by atoms with Crippen LogP contribution in [0.25, 0.3) is 12.2 Å². The topological polar surface area (TPSA) is 7.12 Å². The second kappa shape index (κ2) is 9.51. The van der Waals surface area contributed by atoms with Crippen LogP contribution in [-0.4, -0.2) is 14.1 Å². The summed E-state index contributed by atoms with van der Waals surface area (Å²) in [5, 5.41) is 0. The second-order valence-electron chi connectivity index (χ2n) is 5.83. The van der Waals surface area contributed by atoms with Gasteiger partial charge in [-0.3, -0.25) is 0 Å². The molecule has 2 nitrogen and oxygen atoms in total. The summed E-state index contributed by atoms with van der Waals surface area (Å²) in [7, 11) is 4.13. The molecule has 23 heavy (non-hydrogen) atoms. The molecule has 0 bridgehead atoms. The number of rotatable bonds is 6. The molecule has 1 aromatic heterocycles. The molecule has 2 aromatic rings. The maximum atomic E-state index is 2.35. The lowest BCUT2D eigenvalue weighted by molar-refractivity contribution is -0.698. The van der Waals surface area contributed by atoms with Crippen LogP contribution in [0.3, 0.4) is 0 Å². The van der Waals surface area contributed by atoms with Crippen molar-refractivity contribution in [3.8, 4) is 0 Å². The standard InChI is InChI=1S/C20H27N2.BrH/c1-5-15-22-16-17(6-2)7-13-20(22)14-10-18-8-11-19(12-9-18)21(3)4;/h7-14,16H,5-6,15H2,1-4H3;1H/q+1;/p-1. The lowest BCUT2D eigenvalue weighted by Gasteiger charge is -2.11. The predicted octanol–water partition coefficient (Wildman–Crippen LogP) is 1.19. The van der Waals surface area contributed by atoms with Crippen LogP contribution in [0.2, 0.25) is 0 Å². The van der Waals surface area contributed by atoms with Crippen molar-refractivity contribution < 1.29 is 21.5 Å². The molecule has 124 valence electrons. The summed E-state index contributed by atoms with van der Waals surface area (Å²) in [5.41, 5.74) is 5.11. The van der Waals surface area contributed by atoms with E-state index in [1.807, 2.05) is 0 Å². The summed E-state index contributed by atoms with van der Waals surface area (Å²) in [6, 6.07) is 13.1. The number of aryl methyl sites for hydroxylation is 2. The molecule has 1 heterocycles. The van der Waals surface area contributed by atoms with Crippen molar-refractivity contribution in [1.29, 1.82) is 0 Å². The zero-order valence-corrected chi connectivity index (χ0v) is 16.2. The smallest absolute Gasteiger partial charge is 0.205 e. The number of hydrogen-bond donors (Lipinski definition) is 0. The van der Waals surface area contributed by atoms with Gasteiger partial charge in [0.15, 0.2) is 6.20 Å². The Labute approximate surface area is 151 Å². The van der Waals surface area contributed by atoms with Gasteiger partial charge in [0.2, 0.25) is 5.69 Å². The van der Waals surface area contributed by atoms with E-state index in [2.05, 4.69) is 92.2 Å². The van der Waals surface area contributed by atoms with E-state index in [-0.39, 0.29) is 17.0 Å². The summed E-state index contributed by atoms with van der Waals surface area (Å²) in [6.07, 6.45) is 8.90. The maximum absolute atomic E-state index is 2.35. The average molecular weight is 375 g/mol. The van der Waals surface area contributed by atoms with Crippen LogP contribution in [-0.2, 0) is 13.0 Å². The third-order valence-electron chi connectivity index (χ3n) is 3.85. The van der Waals surface area contributed by atoms with E-state index in [0.29, 0.717) is 0 Å². The zero-order valence-electron chi connectivity index (χ0n) is 14.6. The molecule has 1 aromatic carbocycles. The van der Waals surface area contributed by atoms with Crippen LogP contribution >= 0.6 is 0 Å². The number of nitrogens with zero attached hydrogens (tertiary/aromatic N) is 2. The number of benzene rings is 1. The molecule has 0 atom stereocenters. The molecule has 0 saturated carbocycles. The number of hydrogen-bond acceptors (Lipinski definition) is 1. The molecule has 0 fully saturated rings. The molecule has 0 amide bonds. The normalized spacial score (nSPS) is 10.6. The number of halogens is 1. The Balaban J connectivity index is 0.00000264. The van der Waals surface area contributed by atoms with Crippen molar-refractivity contribution in [2.45, 2.75) is 33.2 Å². The van der Waals surface area contributed by atoms with Crippen LogP contribution in [0.15, 0.2) is 42.6 Å². The van der Waals surface area contributed by atoms with Crippen molar-refractivity contribution in [2.24, 2.45) is 0 Å². The minimum absolute atomic E-state index is 0. The summed E-state index contributed by atoms with van der Waals surface area (Å²) >= 11 is 0. The van der Waals surface area contributed by atoms with Crippen LogP contribution in [0.1, 0.15) is 37.1 Å². The van der Waals surface area contributed by atoms with Gasteiger partial charge < -0.3 is 21.9 Å². The van der Waals surface area contributed by atoms with Crippen LogP contribution in [0.5, 0.6) is 0 Å². The van der Waals surface area contributed by atoms with E-state index in [9.17, 15) is 0 Å².